The number of aryl methyl sites for hydroxylation is 2. The summed E-state index contributed by atoms with van der Waals surface area (Å²) in [5.74, 6) is 0.743. The van der Waals surface area contributed by atoms with Crippen molar-refractivity contribution in [3.8, 4) is 0 Å². The summed E-state index contributed by atoms with van der Waals surface area (Å²) < 4.78 is 0. The third kappa shape index (κ3) is 4.96. The van der Waals surface area contributed by atoms with Crippen LogP contribution in [-0.4, -0.2) is 24.5 Å². The van der Waals surface area contributed by atoms with Gasteiger partial charge in [0.15, 0.2) is 0 Å². The first-order valence-corrected chi connectivity index (χ1v) is 7.53. The molecule has 2 atom stereocenters. The van der Waals surface area contributed by atoms with Crippen molar-refractivity contribution in [2.24, 2.45) is 11.7 Å². The molecule has 0 bridgehead atoms. The van der Waals surface area contributed by atoms with Gasteiger partial charge in [0, 0.05) is 19.1 Å². The van der Waals surface area contributed by atoms with Gasteiger partial charge in [-0.25, -0.2) is 0 Å². The fourth-order valence-electron chi connectivity index (χ4n) is 2.28. The van der Waals surface area contributed by atoms with Crippen LogP contribution in [0.1, 0.15) is 49.9 Å². The van der Waals surface area contributed by atoms with E-state index in [0.717, 1.165) is 25.6 Å². The second kappa shape index (κ2) is 7.66. The normalized spacial score (nSPS) is 14.7. The molecule has 2 N–H and O–H groups in total. The second-order valence-electron chi connectivity index (χ2n) is 5.82. The number of likely N-dealkylation sites (N-methyl/N-ethyl adjacent to an activating group) is 1. The summed E-state index contributed by atoms with van der Waals surface area (Å²) in [5, 5.41) is 0. The maximum Gasteiger partial charge on any atom is 0.0424 e. The minimum Gasteiger partial charge on any atom is -0.323 e. The number of benzene rings is 1. The molecular formula is C17H30N2. The molecule has 0 spiro atoms. The molecule has 0 saturated heterocycles. The van der Waals surface area contributed by atoms with Crippen LogP contribution in [0.3, 0.4) is 0 Å². The zero-order chi connectivity index (χ0) is 14.4. The Morgan fingerprint density at radius 2 is 1.79 bits per heavy atom. The SMILES string of the molecule is CCC(C)CN(CC)CC(N)c1ccc(C)c(C)c1. The first-order valence-electron chi connectivity index (χ1n) is 7.53. The first kappa shape index (κ1) is 16.2. The summed E-state index contributed by atoms with van der Waals surface area (Å²) in [5.41, 5.74) is 10.3. The van der Waals surface area contributed by atoms with Crippen LogP contribution in [0.4, 0.5) is 0 Å². The highest BCUT2D eigenvalue weighted by atomic mass is 15.1. The summed E-state index contributed by atoms with van der Waals surface area (Å²) in [7, 11) is 0. The fraction of sp³-hybridized carbons (Fsp3) is 0.647. The van der Waals surface area contributed by atoms with E-state index in [1.165, 1.54) is 23.1 Å². The van der Waals surface area contributed by atoms with E-state index in [-0.39, 0.29) is 6.04 Å². The van der Waals surface area contributed by atoms with E-state index in [4.69, 9.17) is 5.73 Å². The van der Waals surface area contributed by atoms with Crippen LogP contribution in [0.25, 0.3) is 0 Å². The number of nitrogens with two attached hydrogens (primary N) is 1. The standard InChI is InChI=1S/C17H30N2/c1-6-13(3)11-19(7-2)12-17(18)16-9-8-14(4)15(5)10-16/h8-10,13,17H,6-7,11-12,18H2,1-5H3. The van der Waals surface area contributed by atoms with Gasteiger partial charge < -0.3 is 10.6 Å². The van der Waals surface area contributed by atoms with E-state index < -0.39 is 0 Å². The highest BCUT2D eigenvalue weighted by molar-refractivity contribution is 5.31. The predicted octanol–water partition coefficient (Wildman–Crippen LogP) is 3.67. The fourth-order valence-corrected chi connectivity index (χ4v) is 2.28. The summed E-state index contributed by atoms with van der Waals surface area (Å²) >= 11 is 0. The number of hydrogen-bond acceptors (Lipinski definition) is 2. The average Bonchev–Trinajstić information content (AvgIpc) is 2.40. The summed E-state index contributed by atoms with van der Waals surface area (Å²) in [6.07, 6.45) is 1.23. The Balaban J connectivity index is 2.65. The molecule has 1 aromatic rings. The van der Waals surface area contributed by atoms with Crippen molar-refractivity contribution in [2.45, 2.75) is 47.1 Å². The molecule has 1 rings (SSSR count). The number of hydrogen-bond donors (Lipinski definition) is 1. The van der Waals surface area contributed by atoms with Crippen molar-refractivity contribution in [3.05, 3.63) is 34.9 Å². The maximum atomic E-state index is 6.37. The zero-order valence-corrected chi connectivity index (χ0v) is 13.2. The smallest absolute Gasteiger partial charge is 0.0424 e. The molecule has 1 aromatic carbocycles. The van der Waals surface area contributed by atoms with Crippen molar-refractivity contribution in [2.75, 3.05) is 19.6 Å². The van der Waals surface area contributed by atoms with Crippen molar-refractivity contribution in [3.63, 3.8) is 0 Å². The highest BCUT2D eigenvalue weighted by Gasteiger charge is 2.13. The van der Waals surface area contributed by atoms with E-state index in [1.807, 2.05) is 0 Å². The Labute approximate surface area is 119 Å². The van der Waals surface area contributed by atoms with Gasteiger partial charge in [-0.3, -0.25) is 0 Å². The molecular weight excluding hydrogens is 232 g/mol. The van der Waals surface area contributed by atoms with Crippen LogP contribution >= 0.6 is 0 Å². The van der Waals surface area contributed by atoms with Gasteiger partial charge in [0.2, 0.25) is 0 Å². The van der Waals surface area contributed by atoms with Gasteiger partial charge in [0.05, 0.1) is 0 Å². The monoisotopic (exact) mass is 262 g/mol. The lowest BCUT2D eigenvalue weighted by Crippen LogP contribution is -2.35. The molecule has 0 radical (unpaired) electrons. The van der Waals surface area contributed by atoms with Gasteiger partial charge in [-0.15, -0.1) is 0 Å². The van der Waals surface area contributed by atoms with E-state index in [2.05, 4.69) is 57.7 Å². The molecule has 0 aromatic heterocycles. The molecule has 0 amide bonds. The van der Waals surface area contributed by atoms with Gasteiger partial charge in [-0.05, 0) is 43.0 Å². The van der Waals surface area contributed by atoms with E-state index >= 15 is 0 Å². The Hall–Kier alpha value is -0.860. The molecule has 0 aliphatic rings. The molecule has 0 fully saturated rings. The maximum absolute atomic E-state index is 6.37. The lowest BCUT2D eigenvalue weighted by Gasteiger charge is -2.27. The highest BCUT2D eigenvalue weighted by Crippen LogP contribution is 2.17. The van der Waals surface area contributed by atoms with E-state index in [1.54, 1.807) is 0 Å². The quantitative estimate of drug-likeness (QED) is 0.812. The Bertz CT molecular complexity index is 387. The van der Waals surface area contributed by atoms with Gasteiger partial charge >= 0.3 is 0 Å². The van der Waals surface area contributed by atoms with E-state index in [0.29, 0.717) is 0 Å². The second-order valence-corrected chi connectivity index (χ2v) is 5.82. The third-order valence-electron chi connectivity index (χ3n) is 4.13. The van der Waals surface area contributed by atoms with Gasteiger partial charge in [0.1, 0.15) is 0 Å². The topological polar surface area (TPSA) is 29.3 Å². The molecule has 2 heteroatoms. The van der Waals surface area contributed by atoms with Crippen LogP contribution in [-0.2, 0) is 0 Å². The van der Waals surface area contributed by atoms with Crippen LogP contribution in [0.15, 0.2) is 18.2 Å². The lowest BCUT2D eigenvalue weighted by molar-refractivity contribution is 0.232. The molecule has 0 heterocycles. The van der Waals surface area contributed by atoms with Crippen LogP contribution < -0.4 is 5.73 Å². The lowest BCUT2D eigenvalue weighted by atomic mass is 10.0. The van der Waals surface area contributed by atoms with Crippen LogP contribution in [0.2, 0.25) is 0 Å². The van der Waals surface area contributed by atoms with E-state index in [9.17, 15) is 0 Å². The molecule has 0 saturated carbocycles. The molecule has 2 unspecified atom stereocenters. The van der Waals surface area contributed by atoms with Crippen LogP contribution in [0.5, 0.6) is 0 Å². The van der Waals surface area contributed by atoms with Gasteiger partial charge in [0.25, 0.3) is 0 Å². The number of nitrogens with zero attached hydrogens (tertiary/aromatic N) is 1. The molecule has 0 aliphatic carbocycles. The molecule has 19 heavy (non-hydrogen) atoms. The van der Waals surface area contributed by atoms with Crippen molar-refractivity contribution in [1.82, 2.24) is 4.90 Å². The first-order chi connectivity index (χ1) is 8.97. The van der Waals surface area contributed by atoms with Crippen molar-refractivity contribution < 1.29 is 0 Å². The Morgan fingerprint density at radius 3 is 2.32 bits per heavy atom. The predicted molar refractivity (Wildman–Crippen MR) is 84.4 cm³/mol. The average molecular weight is 262 g/mol. The van der Waals surface area contributed by atoms with Crippen molar-refractivity contribution >= 4 is 0 Å². The Morgan fingerprint density at radius 1 is 1.11 bits per heavy atom. The summed E-state index contributed by atoms with van der Waals surface area (Å²) in [4.78, 5) is 2.47. The minimum absolute atomic E-state index is 0.114. The third-order valence-corrected chi connectivity index (χ3v) is 4.13. The van der Waals surface area contributed by atoms with Gasteiger partial charge in [-0.1, -0.05) is 45.4 Å². The Kier molecular flexibility index (Phi) is 6.53. The summed E-state index contributed by atoms with van der Waals surface area (Å²) in [6.45, 7) is 14.2. The van der Waals surface area contributed by atoms with Gasteiger partial charge in [-0.2, -0.15) is 0 Å². The van der Waals surface area contributed by atoms with Crippen LogP contribution in [0, 0.1) is 19.8 Å². The summed E-state index contributed by atoms with van der Waals surface area (Å²) in [6, 6.07) is 6.69. The number of rotatable bonds is 7. The molecule has 2 nitrogen and oxygen atoms in total. The molecule has 0 aliphatic heterocycles. The zero-order valence-electron chi connectivity index (χ0n) is 13.2. The largest absolute Gasteiger partial charge is 0.323 e. The minimum atomic E-state index is 0.114. The molecule has 108 valence electrons. The van der Waals surface area contributed by atoms with Crippen molar-refractivity contribution in [1.29, 1.82) is 0 Å².